The first kappa shape index (κ1) is 18.5. The molecule has 0 fully saturated rings. The van der Waals surface area contributed by atoms with E-state index in [0.717, 1.165) is 10.9 Å². The number of ether oxygens (including phenoxy) is 2. The van der Waals surface area contributed by atoms with Crippen molar-refractivity contribution in [3.8, 4) is 5.75 Å². The largest absolute Gasteiger partial charge is 0.482 e. The van der Waals surface area contributed by atoms with Crippen LogP contribution in [0.25, 0.3) is 11.0 Å². The first-order valence-corrected chi connectivity index (χ1v) is 7.95. The number of nitrogens with one attached hydrogen (secondary N) is 1. The van der Waals surface area contributed by atoms with Crippen LogP contribution < -0.4 is 15.7 Å². The van der Waals surface area contributed by atoms with Gasteiger partial charge in [0.25, 0.3) is 5.91 Å². The normalized spacial score (nSPS) is 10.7. The molecular weight excluding hydrogens is 326 g/mol. The van der Waals surface area contributed by atoms with Crippen molar-refractivity contribution in [2.45, 2.75) is 20.8 Å². The molecule has 0 radical (unpaired) electrons. The molecule has 7 heteroatoms. The van der Waals surface area contributed by atoms with Crippen molar-refractivity contribution < 1.29 is 23.5 Å². The molecule has 0 aliphatic rings. The van der Waals surface area contributed by atoms with Crippen LogP contribution in [0.1, 0.15) is 19.4 Å². The number of hydrogen-bond acceptors (Lipinski definition) is 6. The molecule has 0 saturated heterocycles. The van der Waals surface area contributed by atoms with Crippen molar-refractivity contribution in [1.82, 2.24) is 5.32 Å². The summed E-state index contributed by atoms with van der Waals surface area (Å²) in [7, 11) is 0. The number of rotatable bonds is 7. The molecule has 0 spiro atoms. The molecule has 2 rings (SSSR count). The van der Waals surface area contributed by atoms with Crippen molar-refractivity contribution in [3.63, 3.8) is 0 Å². The molecule has 1 aromatic heterocycles. The molecule has 0 unspecified atom stereocenters. The zero-order valence-electron chi connectivity index (χ0n) is 14.5. The van der Waals surface area contributed by atoms with Crippen LogP contribution in [-0.2, 0) is 14.3 Å². The van der Waals surface area contributed by atoms with Crippen LogP contribution in [0.5, 0.6) is 5.75 Å². The van der Waals surface area contributed by atoms with E-state index in [-0.39, 0.29) is 19.1 Å². The molecule has 2 aromatic rings. The lowest BCUT2D eigenvalue weighted by molar-refractivity contribution is -0.150. The second-order valence-corrected chi connectivity index (χ2v) is 6.05. The van der Waals surface area contributed by atoms with Crippen molar-refractivity contribution in [2.75, 3.05) is 19.8 Å². The summed E-state index contributed by atoms with van der Waals surface area (Å²) in [5.41, 5.74) is 0.725. The predicted molar refractivity (Wildman–Crippen MR) is 91.5 cm³/mol. The number of fused-ring (bicyclic) bond motifs is 1. The summed E-state index contributed by atoms with van der Waals surface area (Å²) in [6.07, 6.45) is 0. The highest BCUT2D eigenvalue weighted by Crippen LogP contribution is 2.22. The summed E-state index contributed by atoms with van der Waals surface area (Å²) in [5.74, 6) is -0.336. The van der Waals surface area contributed by atoms with Crippen molar-refractivity contribution >= 4 is 22.8 Å². The van der Waals surface area contributed by atoms with Gasteiger partial charge in [0.05, 0.1) is 0 Å². The van der Waals surface area contributed by atoms with Crippen LogP contribution in [0.15, 0.2) is 33.5 Å². The van der Waals surface area contributed by atoms with Gasteiger partial charge in [-0.3, -0.25) is 4.79 Å². The first-order chi connectivity index (χ1) is 11.8. The van der Waals surface area contributed by atoms with Gasteiger partial charge in [0.15, 0.2) is 13.2 Å². The summed E-state index contributed by atoms with van der Waals surface area (Å²) in [4.78, 5) is 34.5. The highest BCUT2D eigenvalue weighted by atomic mass is 16.6. The molecule has 25 heavy (non-hydrogen) atoms. The topological polar surface area (TPSA) is 94.8 Å². The molecule has 0 aliphatic heterocycles. The van der Waals surface area contributed by atoms with Gasteiger partial charge >= 0.3 is 11.6 Å². The monoisotopic (exact) mass is 347 g/mol. The quantitative estimate of drug-likeness (QED) is 0.606. The fourth-order valence-corrected chi connectivity index (χ4v) is 2.09. The van der Waals surface area contributed by atoms with Gasteiger partial charge in [-0.05, 0) is 30.5 Å². The van der Waals surface area contributed by atoms with Gasteiger partial charge in [0.1, 0.15) is 11.3 Å². The van der Waals surface area contributed by atoms with Crippen LogP contribution in [-0.4, -0.2) is 31.6 Å². The molecule has 7 nitrogen and oxygen atoms in total. The second kappa shape index (κ2) is 8.32. The van der Waals surface area contributed by atoms with Gasteiger partial charge in [-0.1, -0.05) is 13.8 Å². The molecule has 1 aromatic carbocycles. The van der Waals surface area contributed by atoms with E-state index < -0.39 is 11.6 Å². The van der Waals surface area contributed by atoms with Gasteiger partial charge in [-0.2, -0.15) is 0 Å². The molecule has 0 aliphatic carbocycles. The number of benzene rings is 1. The molecule has 1 heterocycles. The number of esters is 1. The zero-order valence-corrected chi connectivity index (χ0v) is 14.5. The Morgan fingerprint density at radius 2 is 1.96 bits per heavy atom. The molecular formula is C18H21NO6. The summed E-state index contributed by atoms with van der Waals surface area (Å²) < 4.78 is 15.3. The van der Waals surface area contributed by atoms with Gasteiger partial charge in [-0.15, -0.1) is 0 Å². The molecule has 1 amide bonds. The first-order valence-electron chi connectivity index (χ1n) is 7.95. The van der Waals surface area contributed by atoms with Crippen molar-refractivity contribution in [1.29, 1.82) is 0 Å². The standard InChI is InChI=1S/C18H21NO6/c1-11(2)8-19-16(20)9-24-18(22)10-23-13-4-5-14-12(3)6-17(21)25-15(14)7-13/h4-7,11H,8-10H2,1-3H3,(H,19,20). The minimum Gasteiger partial charge on any atom is -0.482 e. The van der Waals surface area contributed by atoms with E-state index in [2.05, 4.69) is 5.32 Å². The number of carbonyl (C=O) groups excluding carboxylic acids is 2. The molecule has 0 atom stereocenters. The minimum atomic E-state index is -0.662. The SMILES string of the molecule is Cc1cc(=O)oc2cc(OCC(=O)OCC(=O)NCC(C)C)ccc12. The van der Waals surface area contributed by atoms with Crippen LogP contribution in [0.4, 0.5) is 0 Å². The van der Waals surface area contributed by atoms with Crippen molar-refractivity contribution in [2.24, 2.45) is 5.92 Å². The van der Waals surface area contributed by atoms with Gasteiger partial charge in [0, 0.05) is 24.1 Å². The van der Waals surface area contributed by atoms with E-state index in [1.165, 1.54) is 12.1 Å². The van der Waals surface area contributed by atoms with Crippen LogP contribution in [0.3, 0.4) is 0 Å². The maximum Gasteiger partial charge on any atom is 0.344 e. The van der Waals surface area contributed by atoms with Gasteiger partial charge < -0.3 is 19.2 Å². The number of amides is 1. The third-order valence-corrected chi connectivity index (χ3v) is 3.35. The Balaban J connectivity index is 1.86. The fraction of sp³-hybridized carbons (Fsp3) is 0.389. The van der Waals surface area contributed by atoms with E-state index in [1.54, 1.807) is 12.1 Å². The number of aryl methyl sites for hydroxylation is 1. The lowest BCUT2D eigenvalue weighted by atomic mass is 10.1. The summed E-state index contributed by atoms with van der Waals surface area (Å²) in [6.45, 7) is 5.57. The average molecular weight is 347 g/mol. The third kappa shape index (κ3) is 5.63. The fourth-order valence-electron chi connectivity index (χ4n) is 2.09. The van der Waals surface area contributed by atoms with E-state index in [1.807, 2.05) is 20.8 Å². The highest BCUT2D eigenvalue weighted by Gasteiger charge is 2.10. The van der Waals surface area contributed by atoms with Crippen molar-refractivity contribution in [3.05, 3.63) is 40.2 Å². The Morgan fingerprint density at radius 3 is 2.68 bits per heavy atom. The van der Waals surface area contributed by atoms with Crippen LogP contribution >= 0.6 is 0 Å². The van der Waals surface area contributed by atoms with E-state index in [4.69, 9.17) is 13.9 Å². The van der Waals surface area contributed by atoms with E-state index >= 15 is 0 Å². The predicted octanol–water partition coefficient (Wildman–Crippen LogP) is 1.80. The van der Waals surface area contributed by atoms with E-state index in [9.17, 15) is 14.4 Å². The summed E-state index contributed by atoms with van der Waals surface area (Å²) in [5, 5.41) is 3.43. The maximum absolute atomic E-state index is 11.6. The van der Waals surface area contributed by atoms with Crippen LogP contribution in [0, 0.1) is 12.8 Å². The highest BCUT2D eigenvalue weighted by molar-refractivity contribution is 5.82. The lowest BCUT2D eigenvalue weighted by Gasteiger charge is -2.09. The summed E-state index contributed by atoms with van der Waals surface area (Å²) >= 11 is 0. The molecule has 0 saturated carbocycles. The van der Waals surface area contributed by atoms with Gasteiger partial charge in [-0.25, -0.2) is 9.59 Å². The maximum atomic E-state index is 11.6. The zero-order chi connectivity index (χ0) is 18.4. The Kier molecular flexibility index (Phi) is 6.16. The Morgan fingerprint density at radius 1 is 1.20 bits per heavy atom. The molecule has 0 bridgehead atoms. The van der Waals surface area contributed by atoms with Crippen LogP contribution in [0.2, 0.25) is 0 Å². The summed E-state index contributed by atoms with van der Waals surface area (Å²) in [6, 6.07) is 6.35. The van der Waals surface area contributed by atoms with Gasteiger partial charge in [0.2, 0.25) is 0 Å². The average Bonchev–Trinajstić information content (AvgIpc) is 2.55. The third-order valence-electron chi connectivity index (χ3n) is 3.35. The Labute approximate surface area is 144 Å². The van der Waals surface area contributed by atoms with E-state index in [0.29, 0.717) is 23.8 Å². The Bertz CT molecular complexity index is 824. The smallest absolute Gasteiger partial charge is 0.344 e. The lowest BCUT2D eigenvalue weighted by Crippen LogP contribution is -2.32. The number of carbonyl (C=O) groups is 2. The molecule has 1 N–H and O–H groups in total. The number of hydrogen-bond donors (Lipinski definition) is 1. The Hall–Kier alpha value is -2.83. The molecule has 134 valence electrons. The second-order valence-electron chi connectivity index (χ2n) is 6.05. The minimum absolute atomic E-state index is 0.319.